The van der Waals surface area contributed by atoms with Gasteiger partial charge in [0.2, 0.25) is 0 Å². The molecule has 0 unspecified atom stereocenters. The van der Waals surface area contributed by atoms with Crippen molar-refractivity contribution in [1.29, 1.82) is 0 Å². The summed E-state index contributed by atoms with van der Waals surface area (Å²) in [6.07, 6.45) is 11.2. The average molecular weight is 299 g/mol. The Balaban J connectivity index is 3.52. The van der Waals surface area contributed by atoms with Gasteiger partial charge in [-0.1, -0.05) is 86.0 Å². The fourth-order valence-electron chi connectivity index (χ4n) is 2.87. The van der Waals surface area contributed by atoms with Crippen molar-refractivity contribution >= 4 is 5.97 Å². The minimum atomic E-state index is -0.655. The molecule has 0 heterocycles. The van der Waals surface area contributed by atoms with Crippen LogP contribution in [0.3, 0.4) is 0 Å². The van der Waals surface area contributed by atoms with Gasteiger partial charge in [0.1, 0.15) is 0 Å². The zero-order chi connectivity index (χ0) is 16.3. The predicted octanol–water partition coefficient (Wildman–Crippen LogP) is 6.15. The van der Waals surface area contributed by atoms with Gasteiger partial charge < -0.3 is 5.11 Å². The largest absolute Gasteiger partial charge is 0.481 e. The van der Waals surface area contributed by atoms with Crippen LogP contribution in [0.1, 0.15) is 92.4 Å². The van der Waals surface area contributed by atoms with E-state index >= 15 is 0 Å². The Labute approximate surface area is 132 Å². The summed E-state index contributed by atoms with van der Waals surface area (Å²) in [5, 5.41) is 8.85. The highest BCUT2D eigenvalue weighted by Gasteiger charge is 2.11. The maximum atomic E-state index is 10.8. The van der Waals surface area contributed by atoms with Crippen LogP contribution in [-0.2, 0) is 4.79 Å². The van der Waals surface area contributed by atoms with Crippen LogP contribution in [0.15, 0.2) is 0 Å². The van der Waals surface area contributed by atoms with Gasteiger partial charge in [-0.15, -0.1) is 0 Å². The summed E-state index contributed by atoms with van der Waals surface area (Å²) in [4.78, 5) is 10.8. The van der Waals surface area contributed by atoms with Gasteiger partial charge in [0.05, 0.1) is 5.92 Å². The quantitative estimate of drug-likeness (QED) is 0.443. The molecule has 2 nitrogen and oxygen atoms in total. The molecule has 0 saturated heterocycles. The average Bonchev–Trinajstić information content (AvgIpc) is 2.37. The maximum Gasteiger partial charge on any atom is 0.306 e. The van der Waals surface area contributed by atoms with Gasteiger partial charge in [-0.05, 0) is 24.2 Å². The molecule has 0 radical (unpaired) electrons. The van der Waals surface area contributed by atoms with Crippen LogP contribution < -0.4 is 0 Å². The second-order valence-corrected chi connectivity index (χ2v) is 7.64. The molecule has 2 heteroatoms. The fourth-order valence-corrected chi connectivity index (χ4v) is 2.87. The highest BCUT2D eigenvalue weighted by Crippen LogP contribution is 2.22. The van der Waals surface area contributed by atoms with E-state index in [9.17, 15) is 4.79 Å². The minimum Gasteiger partial charge on any atom is -0.481 e. The van der Waals surface area contributed by atoms with Gasteiger partial charge in [-0.25, -0.2) is 0 Å². The highest BCUT2D eigenvalue weighted by molar-refractivity contribution is 5.69. The molecule has 0 aliphatic carbocycles. The number of carbonyl (C=O) groups is 1. The van der Waals surface area contributed by atoms with Gasteiger partial charge in [0, 0.05) is 0 Å². The normalized spacial score (nSPS) is 15.9. The summed E-state index contributed by atoms with van der Waals surface area (Å²) in [5.74, 6) is 1.61. The molecule has 0 spiro atoms. The zero-order valence-electron chi connectivity index (χ0n) is 15.0. The van der Waals surface area contributed by atoms with Gasteiger partial charge in [0.25, 0.3) is 0 Å². The van der Waals surface area contributed by atoms with E-state index in [1.807, 2.05) is 6.92 Å². The molecule has 126 valence electrons. The number of hydrogen-bond donors (Lipinski definition) is 1. The first-order valence-electron chi connectivity index (χ1n) is 9.05. The van der Waals surface area contributed by atoms with E-state index in [0.717, 1.165) is 30.6 Å². The van der Waals surface area contributed by atoms with Crippen molar-refractivity contribution in [3.05, 3.63) is 0 Å². The lowest BCUT2D eigenvalue weighted by molar-refractivity contribution is -0.141. The van der Waals surface area contributed by atoms with E-state index in [1.54, 1.807) is 0 Å². The first-order chi connectivity index (χ1) is 9.82. The van der Waals surface area contributed by atoms with Crippen LogP contribution in [0, 0.1) is 23.7 Å². The van der Waals surface area contributed by atoms with Crippen LogP contribution >= 0.6 is 0 Å². The molecule has 0 aromatic carbocycles. The Morgan fingerprint density at radius 3 is 1.48 bits per heavy atom. The SMILES string of the molecule is CC(C)CCC[C@H](C)CCC[C@H](C)CCC[C@@H](C)C(=O)O. The second-order valence-electron chi connectivity index (χ2n) is 7.64. The summed E-state index contributed by atoms with van der Waals surface area (Å²) in [6.45, 7) is 11.1. The minimum absolute atomic E-state index is 0.182. The molecular formula is C19H38O2. The molecule has 3 atom stereocenters. The third kappa shape index (κ3) is 12.9. The predicted molar refractivity (Wildman–Crippen MR) is 91.5 cm³/mol. The van der Waals surface area contributed by atoms with E-state index < -0.39 is 5.97 Å². The van der Waals surface area contributed by atoms with Crippen LogP contribution in [0.25, 0.3) is 0 Å². The molecule has 0 fully saturated rings. The second kappa shape index (κ2) is 12.1. The number of rotatable bonds is 13. The molecule has 0 aliphatic heterocycles. The van der Waals surface area contributed by atoms with Gasteiger partial charge in [-0.3, -0.25) is 4.79 Å². The smallest absolute Gasteiger partial charge is 0.306 e. The molecule has 0 amide bonds. The number of aliphatic carboxylic acids is 1. The first kappa shape index (κ1) is 20.5. The van der Waals surface area contributed by atoms with E-state index in [-0.39, 0.29) is 5.92 Å². The van der Waals surface area contributed by atoms with E-state index in [0.29, 0.717) is 0 Å². The zero-order valence-corrected chi connectivity index (χ0v) is 15.0. The Morgan fingerprint density at radius 1 is 0.714 bits per heavy atom. The molecule has 0 saturated carbocycles. The summed E-state index contributed by atoms with van der Waals surface area (Å²) in [6, 6.07) is 0. The van der Waals surface area contributed by atoms with Crippen molar-refractivity contribution in [2.45, 2.75) is 92.4 Å². The van der Waals surface area contributed by atoms with Gasteiger partial charge >= 0.3 is 5.97 Å². The van der Waals surface area contributed by atoms with E-state index in [2.05, 4.69) is 27.7 Å². The van der Waals surface area contributed by atoms with Crippen LogP contribution in [-0.4, -0.2) is 11.1 Å². The lowest BCUT2D eigenvalue weighted by Crippen LogP contribution is -2.09. The fraction of sp³-hybridized carbons (Fsp3) is 0.947. The molecule has 0 rings (SSSR count). The number of hydrogen-bond acceptors (Lipinski definition) is 1. The summed E-state index contributed by atoms with van der Waals surface area (Å²) in [7, 11) is 0. The van der Waals surface area contributed by atoms with Crippen molar-refractivity contribution in [3.63, 3.8) is 0 Å². The summed E-state index contributed by atoms with van der Waals surface area (Å²) >= 11 is 0. The van der Waals surface area contributed by atoms with Crippen molar-refractivity contribution in [2.75, 3.05) is 0 Å². The van der Waals surface area contributed by atoms with Crippen molar-refractivity contribution in [2.24, 2.45) is 23.7 Å². The number of carboxylic acids is 1. The summed E-state index contributed by atoms with van der Waals surface area (Å²) < 4.78 is 0. The van der Waals surface area contributed by atoms with Crippen LogP contribution in [0.2, 0.25) is 0 Å². The molecule has 1 N–H and O–H groups in total. The van der Waals surface area contributed by atoms with E-state index in [4.69, 9.17) is 5.11 Å². The van der Waals surface area contributed by atoms with Gasteiger partial charge in [-0.2, -0.15) is 0 Å². The molecule has 0 aromatic heterocycles. The molecule has 21 heavy (non-hydrogen) atoms. The van der Waals surface area contributed by atoms with Crippen molar-refractivity contribution in [1.82, 2.24) is 0 Å². The molecular weight excluding hydrogens is 260 g/mol. The third-order valence-electron chi connectivity index (χ3n) is 4.63. The maximum absolute atomic E-state index is 10.8. The monoisotopic (exact) mass is 298 g/mol. The Bertz CT molecular complexity index is 260. The molecule has 0 aliphatic rings. The van der Waals surface area contributed by atoms with Crippen molar-refractivity contribution < 1.29 is 9.90 Å². The highest BCUT2D eigenvalue weighted by atomic mass is 16.4. The Morgan fingerprint density at radius 2 is 1.10 bits per heavy atom. The standard InChI is InChI=1S/C19H38O2/c1-15(2)9-6-10-16(3)11-7-12-17(4)13-8-14-18(5)19(20)21/h15-18H,6-14H2,1-5H3,(H,20,21)/t16-,17-,18+/m0/s1. The number of carboxylic acid groups (broad SMARTS) is 1. The third-order valence-corrected chi connectivity index (χ3v) is 4.63. The lowest BCUT2D eigenvalue weighted by Gasteiger charge is -2.15. The Hall–Kier alpha value is -0.530. The van der Waals surface area contributed by atoms with Crippen molar-refractivity contribution in [3.8, 4) is 0 Å². The Kier molecular flexibility index (Phi) is 11.8. The first-order valence-corrected chi connectivity index (χ1v) is 9.05. The van der Waals surface area contributed by atoms with E-state index in [1.165, 1.54) is 44.9 Å². The summed E-state index contributed by atoms with van der Waals surface area (Å²) in [5.41, 5.74) is 0. The molecule has 0 aromatic rings. The van der Waals surface area contributed by atoms with Gasteiger partial charge in [0.15, 0.2) is 0 Å². The molecule has 0 bridgehead atoms. The van der Waals surface area contributed by atoms with Crippen LogP contribution in [0.5, 0.6) is 0 Å². The van der Waals surface area contributed by atoms with Crippen LogP contribution in [0.4, 0.5) is 0 Å². The topological polar surface area (TPSA) is 37.3 Å². The lowest BCUT2D eigenvalue weighted by atomic mass is 9.91.